The second kappa shape index (κ2) is 5.55. The summed E-state index contributed by atoms with van der Waals surface area (Å²) in [7, 11) is 4.91. The third-order valence-corrected chi connectivity index (χ3v) is 6.31. The van der Waals surface area contributed by atoms with Crippen molar-refractivity contribution in [1.82, 2.24) is 5.06 Å². The lowest BCUT2D eigenvalue weighted by Crippen LogP contribution is -2.32. The quantitative estimate of drug-likeness (QED) is 0.715. The van der Waals surface area contributed by atoms with Crippen molar-refractivity contribution in [2.75, 3.05) is 28.1 Å². The third-order valence-electron chi connectivity index (χ3n) is 6.31. The van der Waals surface area contributed by atoms with Crippen molar-refractivity contribution in [2.45, 2.75) is 24.2 Å². The number of ether oxygens (including phenoxy) is 5. The van der Waals surface area contributed by atoms with Crippen LogP contribution >= 0.6 is 0 Å². The topological polar surface area (TPSA) is 75.7 Å². The highest BCUT2D eigenvalue weighted by Crippen LogP contribution is 2.61. The van der Waals surface area contributed by atoms with Gasteiger partial charge in [0.2, 0.25) is 6.79 Å². The normalized spacial score (nSPS) is 28.3. The predicted octanol–water partition coefficient (Wildman–Crippen LogP) is 2.34. The van der Waals surface area contributed by atoms with Gasteiger partial charge in [0.1, 0.15) is 5.56 Å². The smallest absolute Gasteiger partial charge is 0.345 e. The van der Waals surface area contributed by atoms with E-state index in [0.717, 1.165) is 23.3 Å². The van der Waals surface area contributed by atoms with E-state index in [4.69, 9.17) is 28.5 Å². The van der Waals surface area contributed by atoms with Crippen LogP contribution < -0.4 is 18.9 Å². The maximum atomic E-state index is 13.0. The zero-order valence-electron chi connectivity index (χ0n) is 16.2. The van der Waals surface area contributed by atoms with Gasteiger partial charge in [0.05, 0.1) is 26.2 Å². The molecule has 0 N–H and O–H groups in total. The van der Waals surface area contributed by atoms with Crippen molar-refractivity contribution in [3.63, 3.8) is 0 Å². The van der Waals surface area contributed by atoms with Gasteiger partial charge in [-0.15, -0.1) is 0 Å². The summed E-state index contributed by atoms with van der Waals surface area (Å²) in [6, 6.07) is 7.61. The van der Waals surface area contributed by atoms with E-state index in [1.165, 1.54) is 14.2 Å². The molecule has 6 rings (SSSR count). The van der Waals surface area contributed by atoms with Gasteiger partial charge in [0, 0.05) is 12.6 Å². The van der Waals surface area contributed by atoms with Gasteiger partial charge in [-0.05, 0) is 41.8 Å². The number of esters is 1. The van der Waals surface area contributed by atoms with Crippen molar-refractivity contribution < 1.29 is 33.3 Å². The van der Waals surface area contributed by atoms with Crippen LogP contribution in [0.25, 0.3) is 0 Å². The molecule has 1 saturated heterocycles. The Morgan fingerprint density at radius 1 is 1.14 bits per heavy atom. The fourth-order valence-electron chi connectivity index (χ4n) is 5.11. The Balaban J connectivity index is 1.56. The van der Waals surface area contributed by atoms with Crippen LogP contribution in [0.4, 0.5) is 0 Å². The highest BCUT2D eigenvalue weighted by Gasteiger charge is 2.65. The molecular formula is C21H19NO7. The number of hydrogen-bond donors (Lipinski definition) is 0. The van der Waals surface area contributed by atoms with E-state index in [2.05, 4.69) is 0 Å². The van der Waals surface area contributed by atoms with Crippen LogP contribution in [0.15, 0.2) is 24.3 Å². The molecule has 29 heavy (non-hydrogen) atoms. The Bertz CT molecular complexity index is 1070. The van der Waals surface area contributed by atoms with E-state index in [1.54, 1.807) is 11.1 Å². The average Bonchev–Trinajstić information content (AvgIpc) is 3.44. The SMILES string of the molecule is COc1ccc2c(c1OC)C(=O)OC21ON(C)C2Cc3cc4c(cc3C21)OCO4. The summed E-state index contributed by atoms with van der Waals surface area (Å²) in [5, 5.41) is 1.79. The molecule has 3 atom stereocenters. The van der Waals surface area contributed by atoms with Crippen LogP contribution in [0.2, 0.25) is 0 Å². The van der Waals surface area contributed by atoms with E-state index in [-0.39, 0.29) is 18.8 Å². The van der Waals surface area contributed by atoms with Crippen molar-refractivity contribution in [3.8, 4) is 23.0 Å². The van der Waals surface area contributed by atoms with Crippen molar-refractivity contribution in [3.05, 3.63) is 46.5 Å². The Kier molecular flexibility index (Phi) is 3.24. The van der Waals surface area contributed by atoms with E-state index in [0.29, 0.717) is 28.4 Å². The lowest BCUT2D eigenvalue weighted by molar-refractivity contribution is -0.281. The third kappa shape index (κ3) is 1.97. The zero-order valence-corrected chi connectivity index (χ0v) is 16.2. The summed E-state index contributed by atoms with van der Waals surface area (Å²) in [4.78, 5) is 19.2. The first kappa shape index (κ1) is 16.9. The lowest BCUT2D eigenvalue weighted by atomic mass is 9.85. The molecule has 1 spiro atoms. The first-order valence-corrected chi connectivity index (χ1v) is 9.40. The first-order chi connectivity index (χ1) is 14.1. The molecule has 0 saturated carbocycles. The van der Waals surface area contributed by atoms with Crippen LogP contribution in [0.3, 0.4) is 0 Å². The minimum absolute atomic E-state index is 0.0133. The highest BCUT2D eigenvalue weighted by molar-refractivity contribution is 5.98. The standard InChI is InChI=1S/C21H19NO7/c1-22-13-6-10-7-15-16(27-9-26-15)8-11(10)18(13)21(29-22)12-4-5-14(24-2)19(25-3)17(12)20(23)28-21/h4-5,7-8,13,18H,6,9H2,1-3H3. The number of rotatable bonds is 2. The number of carbonyl (C=O) groups is 1. The van der Waals surface area contributed by atoms with Gasteiger partial charge in [0.25, 0.3) is 5.79 Å². The molecule has 0 aromatic heterocycles. The Morgan fingerprint density at radius 2 is 1.93 bits per heavy atom. The van der Waals surface area contributed by atoms with E-state index in [9.17, 15) is 4.79 Å². The molecule has 0 radical (unpaired) electrons. The van der Waals surface area contributed by atoms with Gasteiger partial charge in [-0.2, -0.15) is 5.06 Å². The molecule has 0 amide bonds. The Labute approximate surface area is 166 Å². The van der Waals surface area contributed by atoms with Gasteiger partial charge in [-0.1, -0.05) is 0 Å². The Morgan fingerprint density at radius 3 is 2.69 bits per heavy atom. The molecule has 1 aliphatic carbocycles. The monoisotopic (exact) mass is 397 g/mol. The van der Waals surface area contributed by atoms with Crippen molar-refractivity contribution in [2.24, 2.45) is 0 Å². The average molecular weight is 397 g/mol. The number of carbonyl (C=O) groups excluding carboxylic acids is 1. The van der Waals surface area contributed by atoms with E-state index >= 15 is 0 Å². The van der Waals surface area contributed by atoms with Crippen LogP contribution in [0, 0.1) is 0 Å². The largest absolute Gasteiger partial charge is 0.493 e. The summed E-state index contributed by atoms with van der Waals surface area (Å²) < 4.78 is 27.9. The van der Waals surface area contributed by atoms with Crippen LogP contribution in [0.1, 0.15) is 33.0 Å². The first-order valence-electron chi connectivity index (χ1n) is 9.40. The molecule has 8 heteroatoms. The number of fused-ring (bicyclic) bond motifs is 7. The molecular weight excluding hydrogens is 378 g/mol. The maximum absolute atomic E-state index is 13.0. The number of nitrogens with zero attached hydrogens (tertiary/aromatic N) is 1. The molecule has 2 aromatic carbocycles. The van der Waals surface area contributed by atoms with Crippen molar-refractivity contribution >= 4 is 5.97 Å². The summed E-state index contributed by atoms with van der Waals surface area (Å²) in [5.41, 5.74) is 3.17. The summed E-state index contributed by atoms with van der Waals surface area (Å²) in [6.07, 6.45) is 0.759. The molecule has 8 nitrogen and oxygen atoms in total. The Hall–Kier alpha value is -2.97. The second-order valence-corrected chi connectivity index (χ2v) is 7.57. The highest BCUT2D eigenvalue weighted by atomic mass is 16.8. The van der Waals surface area contributed by atoms with Gasteiger partial charge in [-0.3, -0.25) is 0 Å². The number of hydrogen-bond acceptors (Lipinski definition) is 8. The number of likely N-dealkylation sites (N-methyl/N-ethyl adjacent to an activating group) is 1. The second-order valence-electron chi connectivity index (χ2n) is 7.57. The fraction of sp³-hybridized carbons (Fsp3) is 0.381. The van der Waals surface area contributed by atoms with Crippen molar-refractivity contribution in [1.29, 1.82) is 0 Å². The lowest BCUT2D eigenvalue weighted by Gasteiger charge is -2.28. The molecule has 150 valence electrons. The van der Waals surface area contributed by atoms with E-state index < -0.39 is 11.8 Å². The predicted molar refractivity (Wildman–Crippen MR) is 98.3 cm³/mol. The number of hydroxylamine groups is 2. The number of benzene rings is 2. The molecule has 3 aliphatic heterocycles. The van der Waals surface area contributed by atoms with Gasteiger partial charge in [0.15, 0.2) is 23.0 Å². The molecule has 3 heterocycles. The molecule has 1 fully saturated rings. The zero-order chi connectivity index (χ0) is 19.9. The minimum Gasteiger partial charge on any atom is -0.493 e. The minimum atomic E-state index is -1.26. The van der Waals surface area contributed by atoms with Crippen LogP contribution in [-0.2, 0) is 21.8 Å². The molecule has 2 aromatic rings. The summed E-state index contributed by atoms with van der Waals surface area (Å²) in [5.74, 6) is 0.315. The molecule has 4 aliphatic rings. The summed E-state index contributed by atoms with van der Waals surface area (Å²) in [6.45, 7) is 0.211. The summed E-state index contributed by atoms with van der Waals surface area (Å²) >= 11 is 0. The molecule has 0 bridgehead atoms. The van der Waals surface area contributed by atoms with Gasteiger partial charge < -0.3 is 23.7 Å². The van der Waals surface area contributed by atoms with E-state index in [1.807, 2.05) is 25.2 Å². The molecule has 3 unspecified atom stereocenters. The van der Waals surface area contributed by atoms with Crippen LogP contribution in [0.5, 0.6) is 23.0 Å². The number of methoxy groups -OCH3 is 2. The van der Waals surface area contributed by atoms with Gasteiger partial charge in [-0.25, -0.2) is 9.63 Å². The van der Waals surface area contributed by atoms with Gasteiger partial charge >= 0.3 is 5.97 Å². The van der Waals surface area contributed by atoms with Crippen LogP contribution in [-0.4, -0.2) is 45.1 Å². The fourth-order valence-corrected chi connectivity index (χ4v) is 5.11. The maximum Gasteiger partial charge on any atom is 0.345 e.